The van der Waals surface area contributed by atoms with Crippen molar-refractivity contribution in [2.75, 3.05) is 10.6 Å². The Balaban J connectivity index is 1.52. The Labute approximate surface area is 150 Å². The van der Waals surface area contributed by atoms with Crippen molar-refractivity contribution in [1.82, 2.24) is 0 Å². The molecule has 2 aliphatic rings. The number of carbonyl (C=O) groups is 2. The first-order valence-electron chi connectivity index (χ1n) is 8.54. The van der Waals surface area contributed by atoms with Crippen LogP contribution in [0, 0.1) is 5.92 Å². The number of ether oxygens (including phenoxy) is 1. The molecule has 2 aromatic rings. The van der Waals surface area contributed by atoms with E-state index in [4.69, 9.17) is 4.74 Å². The normalized spacial score (nSPS) is 21.6. The summed E-state index contributed by atoms with van der Waals surface area (Å²) >= 11 is 1.59. The molecule has 1 aliphatic carbocycles. The minimum Gasteiger partial charge on any atom is -0.479 e. The maximum absolute atomic E-state index is 12.6. The number of hydrogen-bond acceptors (Lipinski definition) is 4. The molecule has 2 amide bonds. The highest BCUT2D eigenvalue weighted by Gasteiger charge is 2.24. The SMILES string of the molecule is CC1CCc2sc(C(=O)Nc3ccc4c(c3)NC(=O)C(C)O4)cc2C1. The van der Waals surface area contributed by atoms with Crippen LogP contribution >= 0.6 is 11.3 Å². The second-order valence-corrected chi connectivity index (χ2v) is 7.96. The number of benzene rings is 1. The van der Waals surface area contributed by atoms with E-state index in [9.17, 15) is 9.59 Å². The number of thiophene rings is 1. The van der Waals surface area contributed by atoms with Gasteiger partial charge in [0, 0.05) is 10.6 Å². The summed E-state index contributed by atoms with van der Waals surface area (Å²) in [4.78, 5) is 26.4. The number of fused-ring (bicyclic) bond motifs is 2. The van der Waals surface area contributed by atoms with Crippen molar-refractivity contribution in [2.45, 2.75) is 39.2 Å². The van der Waals surface area contributed by atoms with E-state index in [2.05, 4.69) is 17.6 Å². The molecular formula is C19H20N2O3S. The smallest absolute Gasteiger partial charge is 0.265 e. The first-order valence-corrected chi connectivity index (χ1v) is 9.36. The number of hydrogen-bond donors (Lipinski definition) is 2. The van der Waals surface area contributed by atoms with E-state index in [0.717, 1.165) is 17.7 Å². The number of anilines is 2. The fourth-order valence-corrected chi connectivity index (χ4v) is 4.40. The highest BCUT2D eigenvalue weighted by atomic mass is 32.1. The molecule has 6 heteroatoms. The van der Waals surface area contributed by atoms with Gasteiger partial charge in [-0.3, -0.25) is 9.59 Å². The van der Waals surface area contributed by atoms with Gasteiger partial charge in [0.25, 0.3) is 11.8 Å². The van der Waals surface area contributed by atoms with Crippen LogP contribution in [0.15, 0.2) is 24.3 Å². The predicted octanol–water partition coefficient (Wildman–Crippen LogP) is 3.84. The zero-order valence-corrected chi connectivity index (χ0v) is 15.0. The van der Waals surface area contributed by atoms with E-state index in [-0.39, 0.29) is 11.8 Å². The minimum atomic E-state index is -0.507. The van der Waals surface area contributed by atoms with Gasteiger partial charge in [0.2, 0.25) is 0 Å². The largest absolute Gasteiger partial charge is 0.479 e. The van der Waals surface area contributed by atoms with E-state index >= 15 is 0 Å². The van der Waals surface area contributed by atoms with Gasteiger partial charge < -0.3 is 15.4 Å². The Morgan fingerprint density at radius 3 is 3.00 bits per heavy atom. The molecule has 2 heterocycles. The third kappa shape index (κ3) is 3.14. The lowest BCUT2D eigenvalue weighted by molar-refractivity contribution is -0.122. The number of rotatable bonds is 2. The van der Waals surface area contributed by atoms with Gasteiger partial charge in [0.15, 0.2) is 6.10 Å². The zero-order chi connectivity index (χ0) is 17.6. The standard InChI is InChI=1S/C19H20N2O3S/c1-10-3-6-16-12(7-10)8-17(25-16)19(23)20-13-4-5-15-14(9-13)21-18(22)11(2)24-15/h4-5,8-11H,3,6-7H2,1-2H3,(H,20,23)(H,21,22). The van der Waals surface area contributed by atoms with Gasteiger partial charge in [-0.2, -0.15) is 0 Å². The Morgan fingerprint density at radius 1 is 1.32 bits per heavy atom. The molecule has 2 unspecified atom stereocenters. The zero-order valence-electron chi connectivity index (χ0n) is 14.2. The molecular weight excluding hydrogens is 336 g/mol. The third-order valence-corrected chi connectivity index (χ3v) is 5.96. The maximum atomic E-state index is 12.6. The molecule has 4 rings (SSSR count). The number of carbonyl (C=O) groups excluding carboxylic acids is 2. The minimum absolute atomic E-state index is 0.108. The van der Waals surface area contributed by atoms with Crippen LogP contribution in [0.25, 0.3) is 0 Å². The van der Waals surface area contributed by atoms with Gasteiger partial charge in [-0.05, 0) is 61.9 Å². The van der Waals surface area contributed by atoms with Crippen molar-refractivity contribution in [3.63, 3.8) is 0 Å². The molecule has 0 fully saturated rings. The molecule has 130 valence electrons. The molecule has 1 aliphatic heterocycles. The van der Waals surface area contributed by atoms with E-state index in [0.29, 0.717) is 23.0 Å². The van der Waals surface area contributed by atoms with Crippen molar-refractivity contribution < 1.29 is 14.3 Å². The molecule has 0 saturated carbocycles. The van der Waals surface area contributed by atoms with Crippen molar-refractivity contribution in [3.8, 4) is 5.75 Å². The lowest BCUT2D eigenvalue weighted by Gasteiger charge is -2.23. The van der Waals surface area contributed by atoms with Crippen molar-refractivity contribution >= 4 is 34.5 Å². The molecule has 0 radical (unpaired) electrons. The summed E-state index contributed by atoms with van der Waals surface area (Å²) in [6.45, 7) is 3.96. The van der Waals surface area contributed by atoms with Crippen LogP contribution in [-0.2, 0) is 17.6 Å². The average molecular weight is 356 g/mol. The summed E-state index contributed by atoms with van der Waals surface area (Å²) in [7, 11) is 0. The Hall–Kier alpha value is -2.34. The second kappa shape index (κ2) is 6.19. The lowest BCUT2D eigenvalue weighted by Crippen LogP contribution is -2.34. The van der Waals surface area contributed by atoms with Crippen LogP contribution in [0.2, 0.25) is 0 Å². The summed E-state index contributed by atoms with van der Waals surface area (Å²) in [5, 5.41) is 5.71. The third-order valence-electron chi connectivity index (χ3n) is 4.72. The first kappa shape index (κ1) is 16.1. The molecule has 0 spiro atoms. The second-order valence-electron chi connectivity index (χ2n) is 6.82. The summed E-state index contributed by atoms with van der Waals surface area (Å²) in [5.41, 5.74) is 2.54. The Morgan fingerprint density at radius 2 is 2.16 bits per heavy atom. The molecule has 5 nitrogen and oxygen atoms in total. The molecule has 0 bridgehead atoms. The molecule has 2 atom stereocenters. The van der Waals surface area contributed by atoms with Gasteiger partial charge in [-0.25, -0.2) is 0 Å². The van der Waals surface area contributed by atoms with Crippen LogP contribution in [-0.4, -0.2) is 17.9 Å². The Bertz CT molecular complexity index is 858. The van der Waals surface area contributed by atoms with Crippen LogP contribution in [0.3, 0.4) is 0 Å². The molecule has 25 heavy (non-hydrogen) atoms. The molecule has 1 aromatic carbocycles. The Kier molecular flexibility index (Phi) is 4.00. The van der Waals surface area contributed by atoms with Crippen molar-refractivity contribution in [1.29, 1.82) is 0 Å². The van der Waals surface area contributed by atoms with Crippen LogP contribution in [0.5, 0.6) is 5.75 Å². The van der Waals surface area contributed by atoms with Crippen molar-refractivity contribution in [3.05, 3.63) is 39.6 Å². The number of amides is 2. The monoisotopic (exact) mass is 356 g/mol. The van der Waals surface area contributed by atoms with E-state index < -0.39 is 6.10 Å². The van der Waals surface area contributed by atoms with Gasteiger partial charge in [0.05, 0.1) is 10.6 Å². The fourth-order valence-electron chi connectivity index (χ4n) is 3.30. The topological polar surface area (TPSA) is 67.4 Å². The first-order chi connectivity index (χ1) is 12.0. The number of nitrogens with one attached hydrogen (secondary N) is 2. The van der Waals surface area contributed by atoms with E-state index in [1.807, 2.05) is 6.07 Å². The van der Waals surface area contributed by atoms with Gasteiger partial charge in [-0.1, -0.05) is 6.92 Å². The fraction of sp³-hybridized carbons (Fsp3) is 0.368. The molecule has 2 N–H and O–H groups in total. The molecule has 0 saturated heterocycles. The van der Waals surface area contributed by atoms with Crippen LogP contribution in [0.4, 0.5) is 11.4 Å². The highest BCUT2D eigenvalue weighted by Crippen LogP contribution is 2.34. The average Bonchev–Trinajstić information content (AvgIpc) is 2.99. The van der Waals surface area contributed by atoms with E-state index in [1.54, 1.807) is 36.5 Å². The quantitative estimate of drug-likeness (QED) is 0.859. The van der Waals surface area contributed by atoms with E-state index in [1.165, 1.54) is 16.9 Å². The molecule has 1 aromatic heterocycles. The van der Waals surface area contributed by atoms with Crippen LogP contribution < -0.4 is 15.4 Å². The van der Waals surface area contributed by atoms with Gasteiger partial charge >= 0.3 is 0 Å². The summed E-state index contributed by atoms with van der Waals surface area (Å²) in [6.07, 6.45) is 2.80. The van der Waals surface area contributed by atoms with Gasteiger partial charge in [0.1, 0.15) is 5.75 Å². The van der Waals surface area contributed by atoms with Crippen LogP contribution in [0.1, 0.15) is 40.4 Å². The summed E-state index contributed by atoms with van der Waals surface area (Å²) < 4.78 is 5.53. The number of aryl methyl sites for hydroxylation is 1. The lowest BCUT2D eigenvalue weighted by atomic mass is 9.90. The summed E-state index contributed by atoms with van der Waals surface area (Å²) in [5.74, 6) is 1.01. The van der Waals surface area contributed by atoms with Crippen molar-refractivity contribution in [2.24, 2.45) is 5.92 Å². The maximum Gasteiger partial charge on any atom is 0.265 e. The predicted molar refractivity (Wildman–Crippen MR) is 98.6 cm³/mol. The highest BCUT2D eigenvalue weighted by molar-refractivity contribution is 7.14. The summed E-state index contributed by atoms with van der Waals surface area (Å²) in [6, 6.07) is 7.31. The van der Waals surface area contributed by atoms with Gasteiger partial charge in [-0.15, -0.1) is 11.3 Å².